The average molecular weight is 531 g/mol. The van der Waals surface area contributed by atoms with Crippen LogP contribution in [0.3, 0.4) is 0 Å². The van der Waals surface area contributed by atoms with Crippen LogP contribution in [-0.4, -0.2) is 48.5 Å². The predicted molar refractivity (Wildman–Crippen MR) is 147 cm³/mol. The second-order valence-corrected chi connectivity index (χ2v) is 11.8. The molecule has 39 heavy (non-hydrogen) atoms. The third-order valence-corrected chi connectivity index (χ3v) is 5.92. The van der Waals surface area contributed by atoms with Crippen LogP contribution < -0.4 is 10.6 Å². The Hall–Kier alpha value is -4.41. The number of rotatable bonds is 6. The summed E-state index contributed by atoms with van der Waals surface area (Å²) < 4.78 is 6.62. The third kappa shape index (κ3) is 6.73. The summed E-state index contributed by atoms with van der Waals surface area (Å²) in [4.78, 5) is 34.6. The van der Waals surface area contributed by atoms with Gasteiger partial charge in [0.05, 0.1) is 29.5 Å². The first-order chi connectivity index (χ1) is 18.2. The lowest BCUT2D eigenvalue weighted by Gasteiger charge is -2.21. The van der Waals surface area contributed by atoms with Gasteiger partial charge in [-0.2, -0.15) is 4.98 Å². The molecule has 0 atom stereocenters. The van der Waals surface area contributed by atoms with Crippen LogP contribution in [0, 0.1) is 19.3 Å². The van der Waals surface area contributed by atoms with Gasteiger partial charge in [-0.1, -0.05) is 51.9 Å². The van der Waals surface area contributed by atoms with Crippen molar-refractivity contribution in [2.45, 2.75) is 60.8 Å². The molecule has 0 aliphatic rings. The van der Waals surface area contributed by atoms with Gasteiger partial charge in [0.25, 0.3) is 11.8 Å². The van der Waals surface area contributed by atoms with E-state index in [2.05, 4.69) is 56.8 Å². The number of nitrogens with zero attached hydrogens (tertiary/aromatic N) is 6. The van der Waals surface area contributed by atoms with E-state index >= 15 is 0 Å². The molecule has 0 unspecified atom stereocenters. The molecule has 11 nitrogen and oxygen atoms in total. The average Bonchev–Trinajstić information content (AvgIpc) is 3.52. The van der Waals surface area contributed by atoms with Crippen molar-refractivity contribution in [2.24, 2.45) is 5.41 Å². The number of benzene rings is 1. The van der Waals surface area contributed by atoms with E-state index in [4.69, 9.17) is 4.52 Å². The monoisotopic (exact) mass is 530 g/mol. The number of anilines is 1. The number of pyridine rings is 1. The molecule has 2 N–H and O–H groups in total. The van der Waals surface area contributed by atoms with Gasteiger partial charge in [-0.25, -0.2) is 4.68 Å². The summed E-state index contributed by atoms with van der Waals surface area (Å²) in [6.45, 7) is 16.3. The van der Waals surface area contributed by atoms with Crippen molar-refractivity contribution in [2.75, 3.05) is 11.9 Å². The maximum absolute atomic E-state index is 13.4. The van der Waals surface area contributed by atoms with E-state index < -0.39 is 0 Å². The van der Waals surface area contributed by atoms with Crippen LogP contribution in [-0.2, 0) is 5.41 Å². The minimum atomic E-state index is -0.319. The van der Waals surface area contributed by atoms with Crippen molar-refractivity contribution < 1.29 is 14.1 Å². The van der Waals surface area contributed by atoms with Crippen molar-refractivity contribution in [1.29, 1.82) is 0 Å². The maximum Gasteiger partial charge on any atom is 0.273 e. The van der Waals surface area contributed by atoms with Crippen LogP contribution in [0.1, 0.15) is 79.5 Å². The normalized spacial score (nSPS) is 11.9. The molecule has 3 aromatic heterocycles. The van der Waals surface area contributed by atoms with Gasteiger partial charge < -0.3 is 15.2 Å². The van der Waals surface area contributed by atoms with Gasteiger partial charge in [0.15, 0.2) is 5.69 Å². The second kappa shape index (κ2) is 10.4. The van der Waals surface area contributed by atoms with E-state index in [1.54, 1.807) is 31.5 Å². The number of carbonyl (C=O) groups excluding carboxylic acids is 2. The number of amides is 2. The van der Waals surface area contributed by atoms with Crippen LogP contribution in [0.25, 0.3) is 17.1 Å². The molecular weight excluding hydrogens is 496 g/mol. The topological polar surface area (TPSA) is 141 Å². The molecule has 0 spiro atoms. The first kappa shape index (κ1) is 27.6. The van der Waals surface area contributed by atoms with E-state index in [1.165, 1.54) is 4.68 Å². The van der Waals surface area contributed by atoms with Gasteiger partial charge in [-0.3, -0.25) is 14.6 Å². The Morgan fingerprint density at radius 2 is 1.74 bits per heavy atom. The van der Waals surface area contributed by atoms with Crippen molar-refractivity contribution in [3.63, 3.8) is 0 Å². The highest BCUT2D eigenvalue weighted by Gasteiger charge is 2.21. The summed E-state index contributed by atoms with van der Waals surface area (Å²) in [5, 5.41) is 17.9. The molecule has 204 valence electrons. The van der Waals surface area contributed by atoms with Gasteiger partial charge in [0, 0.05) is 24.6 Å². The van der Waals surface area contributed by atoms with E-state index in [-0.39, 0.29) is 28.3 Å². The number of nitrogens with one attached hydrogen (secondary N) is 2. The van der Waals surface area contributed by atoms with Crippen molar-refractivity contribution in [3.8, 4) is 17.1 Å². The largest absolute Gasteiger partial charge is 0.350 e. The highest BCUT2D eigenvalue weighted by atomic mass is 16.5. The summed E-state index contributed by atoms with van der Waals surface area (Å²) in [5.74, 6) is 0.233. The first-order valence-electron chi connectivity index (χ1n) is 12.6. The minimum absolute atomic E-state index is 0.0592. The number of aryl methyl sites for hydroxylation is 2. The lowest BCUT2D eigenvalue weighted by Crippen LogP contribution is -2.32. The molecule has 0 aliphatic heterocycles. The molecule has 1 aromatic carbocycles. The van der Waals surface area contributed by atoms with Crippen LogP contribution in [0.2, 0.25) is 0 Å². The highest BCUT2D eigenvalue weighted by Crippen LogP contribution is 2.29. The van der Waals surface area contributed by atoms with Gasteiger partial charge in [0.2, 0.25) is 11.7 Å². The molecular formula is C28H34N8O3. The number of aromatic nitrogens is 6. The quantitative estimate of drug-likeness (QED) is 0.367. The molecule has 0 fully saturated rings. The Labute approximate surface area is 227 Å². The lowest BCUT2D eigenvalue weighted by atomic mass is 9.85. The van der Waals surface area contributed by atoms with Gasteiger partial charge in [-0.15, -0.1) is 5.10 Å². The molecule has 3 heterocycles. The Morgan fingerprint density at radius 1 is 1.00 bits per heavy atom. The fraction of sp³-hybridized carbons (Fsp3) is 0.393. The number of hydrogen-bond acceptors (Lipinski definition) is 8. The van der Waals surface area contributed by atoms with Crippen LogP contribution in [0.4, 0.5) is 5.69 Å². The van der Waals surface area contributed by atoms with Crippen LogP contribution in [0.5, 0.6) is 0 Å². The molecule has 11 heteroatoms. The van der Waals surface area contributed by atoms with E-state index in [0.717, 1.165) is 5.56 Å². The maximum atomic E-state index is 13.4. The zero-order valence-corrected chi connectivity index (χ0v) is 23.6. The summed E-state index contributed by atoms with van der Waals surface area (Å²) in [7, 11) is 0. The SMILES string of the molecule is Cc1nc(-c2cc(C(=O)Nc3cnc(C)c(-n4cc(C(=O)NCC(C)(C)C)nn4)c3)cc(C(C)(C)C)c2)no1. The zero-order chi connectivity index (χ0) is 28.5. The van der Waals surface area contributed by atoms with Crippen LogP contribution >= 0.6 is 0 Å². The Kier molecular flexibility index (Phi) is 7.36. The summed E-state index contributed by atoms with van der Waals surface area (Å²) in [5.41, 5.74) is 3.71. The molecule has 0 bridgehead atoms. The Bertz CT molecular complexity index is 1520. The van der Waals surface area contributed by atoms with Crippen molar-refractivity contribution >= 4 is 17.5 Å². The molecule has 0 saturated heterocycles. The zero-order valence-electron chi connectivity index (χ0n) is 23.6. The fourth-order valence-electron chi connectivity index (χ4n) is 3.68. The van der Waals surface area contributed by atoms with E-state index in [9.17, 15) is 9.59 Å². The van der Waals surface area contributed by atoms with Gasteiger partial charge in [-0.05, 0) is 47.6 Å². The molecule has 0 saturated carbocycles. The van der Waals surface area contributed by atoms with Crippen LogP contribution in [0.15, 0.2) is 41.2 Å². The molecule has 0 radical (unpaired) electrons. The summed E-state index contributed by atoms with van der Waals surface area (Å²) in [6.07, 6.45) is 3.11. The smallest absolute Gasteiger partial charge is 0.273 e. The Morgan fingerprint density at radius 3 is 2.38 bits per heavy atom. The second-order valence-electron chi connectivity index (χ2n) is 11.8. The molecule has 4 rings (SSSR count). The third-order valence-electron chi connectivity index (χ3n) is 5.92. The molecule has 4 aromatic rings. The van der Waals surface area contributed by atoms with E-state index in [0.29, 0.717) is 46.5 Å². The number of carbonyl (C=O) groups is 2. The van der Waals surface area contributed by atoms with Gasteiger partial charge >= 0.3 is 0 Å². The number of hydrogen-bond donors (Lipinski definition) is 2. The Balaban J connectivity index is 1.59. The first-order valence-corrected chi connectivity index (χ1v) is 12.6. The summed E-state index contributed by atoms with van der Waals surface area (Å²) >= 11 is 0. The minimum Gasteiger partial charge on any atom is -0.350 e. The fourth-order valence-corrected chi connectivity index (χ4v) is 3.68. The lowest BCUT2D eigenvalue weighted by molar-refractivity contribution is 0.0933. The highest BCUT2D eigenvalue weighted by molar-refractivity contribution is 6.05. The molecule has 0 aliphatic carbocycles. The van der Waals surface area contributed by atoms with Gasteiger partial charge in [0.1, 0.15) is 0 Å². The van der Waals surface area contributed by atoms with Crippen molar-refractivity contribution in [3.05, 3.63) is 65.1 Å². The molecule has 2 amide bonds. The predicted octanol–water partition coefficient (Wildman–Crippen LogP) is 4.65. The standard InChI is InChI=1S/C28H34N8O3/c1-16-23(36-14-22(33-35-36)26(38)30-15-27(3,4)5)12-21(13-29-16)32-25(37)19-9-18(24-31-17(2)39-34-24)10-20(11-19)28(6,7)8/h9-14H,15H2,1-8H3,(H,30,38)(H,32,37). The summed E-state index contributed by atoms with van der Waals surface area (Å²) in [6, 6.07) is 7.29. The van der Waals surface area contributed by atoms with Crippen molar-refractivity contribution in [1.82, 2.24) is 35.4 Å². The van der Waals surface area contributed by atoms with E-state index in [1.807, 2.05) is 39.8 Å².